The van der Waals surface area contributed by atoms with Crippen molar-refractivity contribution in [2.75, 3.05) is 39.4 Å². The maximum absolute atomic E-state index is 12.4. The zero-order chi connectivity index (χ0) is 24.5. The van der Waals surface area contributed by atoms with Gasteiger partial charge in [-0.1, -0.05) is 30.3 Å². The Morgan fingerprint density at radius 3 is 2.37 bits per heavy atom. The molecule has 0 fully saturated rings. The van der Waals surface area contributed by atoms with Gasteiger partial charge in [0, 0.05) is 29.8 Å². The molecule has 0 spiro atoms. The number of hydrogen-bond acceptors (Lipinski definition) is 6. The van der Waals surface area contributed by atoms with E-state index in [4.69, 9.17) is 14.5 Å². The summed E-state index contributed by atoms with van der Waals surface area (Å²) in [6, 6.07) is 20.8. The Labute approximate surface area is 203 Å². The maximum atomic E-state index is 12.4. The highest BCUT2D eigenvalue weighted by atomic mass is 16.7. The number of nitrogens with one attached hydrogen (secondary N) is 1. The predicted molar refractivity (Wildman–Crippen MR) is 136 cm³/mol. The molecule has 1 aliphatic heterocycles. The minimum atomic E-state index is -0.00123. The third kappa shape index (κ3) is 4.43. The molecule has 0 aliphatic carbocycles. The lowest BCUT2D eigenvalue weighted by Gasteiger charge is -2.19. The summed E-state index contributed by atoms with van der Waals surface area (Å²) < 4.78 is 11.0. The van der Waals surface area contributed by atoms with Crippen molar-refractivity contribution in [3.63, 3.8) is 0 Å². The number of rotatable bonds is 6. The van der Waals surface area contributed by atoms with Crippen LogP contribution in [-0.2, 0) is 4.79 Å². The number of aromatic hydroxyl groups is 1. The first-order valence-electron chi connectivity index (χ1n) is 11.2. The van der Waals surface area contributed by atoms with Crippen molar-refractivity contribution in [1.82, 2.24) is 9.88 Å². The van der Waals surface area contributed by atoms with E-state index in [1.54, 1.807) is 11.9 Å². The van der Waals surface area contributed by atoms with Gasteiger partial charge in [0.1, 0.15) is 0 Å². The molecule has 178 valence electrons. The third-order valence-corrected chi connectivity index (χ3v) is 5.86. The van der Waals surface area contributed by atoms with Crippen molar-refractivity contribution in [1.29, 1.82) is 0 Å². The van der Waals surface area contributed by atoms with E-state index in [1.807, 2.05) is 85.7 Å². The van der Waals surface area contributed by atoms with Crippen LogP contribution in [0.2, 0.25) is 0 Å². The lowest BCUT2D eigenvalue weighted by atomic mass is 10.0. The number of carbonyl (C=O) groups excluding carboxylic acids is 1. The van der Waals surface area contributed by atoms with Crippen molar-refractivity contribution < 1.29 is 19.4 Å². The molecule has 35 heavy (non-hydrogen) atoms. The molecule has 1 aliphatic rings. The monoisotopic (exact) mass is 470 g/mol. The molecule has 2 N–H and O–H groups in total. The molecule has 0 unspecified atom stereocenters. The molecule has 0 bridgehead atoms. The van der Waals surface area contributed by atoms with Gasteiger partial charge in [-0.2, -0.15) is 0 Å². The molecule has 1 aromatic heterocycles. The molecule has 3 aromatic carbocycles. The fourth-order valence-corrected chi connectivity index (χ4v) is 4.07. The van der Waals surface area contributed by atoms with E-state index in [9.17, 15) is 9.90 Å². The van der Waals surface area contributed by atoms with Crippen LogP contribution in [0.25, 0.3) is 10.9 Å². The number of carbonyl (C=O) groups is 1. The Balaban J connectivity index is 1.57. The molecule has 4 aromatic rings. The average Bonchev–Trinajstić information content (AvgIpc) is 3.43. The zero-order valence-corrected chi connectivity index (χ0v) is 19.8. The van der Waals surface area contributed by atoms with Crippen LogP contribution >= 0.6 is 0 Å². The molecule has 2 heterocycles. The number of amides is 1. The number of H-pyrrole nitrogens is 1. The summed E-state index contributed by atoms with van der Waals surface area (Å²) in [5, 5.41) is 11.7. The molecular formula is C27H26N4O4. The number of aromatic amines is 1. The normalized spacial score (nSPS) is 13.0. The van der Waals surface area contributed by atoms with Gasteiger partial charge >= 0.3 is 0 Å². The summed E-state index contributed by atoms with van der Waals surface area (Å²) >= 11 is 0. The highest BCUT2D eigenvalue weighted by molar-refractivity contribution is 6.22. The van der Waals surface area contributed by atoms with Crippen molar-refractivity contribution in [2.45, 2.75) is 0 Å². The topological polar surface area (TPSA) is 90.4 Å². The van der Waals surface area contributed by atoms with E-state index in [2.05, 4.69) is 4.98 Å². The summed E-state index contributed by atoms with van der Waals surface area (Å²) in [6.07, 6.45) is 0. The maximum Gasteiger partial charge on any atom is 0.240 e. The average molecular weight is 471 g/mol. The van der Waals surface area contributed by atoms with E-state index >= 15 is 0 Å². The van der Waals surface area contributed by atoms with Crippen LogP contribution in [0.1, 0.15) is 11.1 Å². The Kier molecular flexibility index (Phi) is 5.88. The van der Waals surface area contributed by atoms with E-state index in [0.29, 0.717) is 35.0 Å². The molecule has 8 heteroatoms. The summed E-state index contributed by atoms with van der Waals surface area (Å²) in [4.78, 5) is 23.8. The Morgan fingerprint density at radius 1 is 1.00 bits per heavy atom. The molecule has 0 radical (unpaired) electrons. The number of hydrogen-bond donors (Lipinski definition) is 2. The highest BCUT2D eigenvalue weighted by Gasteiger charge is 2.23. The minimum Gasteiger partial charge on any atom is -0.494 e. The smallest absolute Gasteiger partial charge is 0.240 e. The Hall–Kier alpha value is -4.30. The number of nitrogens with zero attached hydrogens (tertiary/aromatic N) is 3. The van der Waals surface area contributed by atoms with Gasteiger partial charge in [0.25, 0.3) is 0 Å². The van der Waals surface area contributed by atoms with E-state index < -0.39 is 0 Å². The van der Waals surface area contributed by atoms with Gasteiger partial charge < -0.3 is 29.4 Å². The van der Waals surface area contributed by atoms with Gasteiger partial charge in [-0.3, -0.25) is 4.79 Å². The molecule has 1 amide bonds. The fourth-order valence-electron chi connectivity index (χ4n) is 4.07. The summed E-state index contributed by atoms with van der Waals surface area (Å²) in [6.45, 7) is 0.494. The fraction of sp³-hybridized carbons (Fsp3) is 0.185. The molecular weight excluding hydrogens is 444 g/mol. The quantitative estimate of drug-likeness (QED) is 0.410. The van der Waals surface area contributed by atoms with Crippen molar-refractivity contribution in [3.05, 3.63) is 77.9 Å². The number of benzene rings is 3. The lowest BCUT2D eigenvalue weighted by Crippen LogP contribution is -2.34. The standard InChI is InChI=1S/C27H26N4O4/c1-30(2)15-24(32)31(3)19-11-9-18(10-12-19)28-26(17-7-5-4-6-8-17)25-20-13-22-23(35-16-34-22)14-21(20)29-27(25)33/h4-14,29,33H,15-16H2,1-3H3. The van der Waals surface area contributed by atoms with Gasteiger partial charge in [0.2, 0.25) is 12.7 Å². The van der Waals surface area contributed by atoms with Crippen LogP contribution in [0.3, 0.4) is 0 Å². The van der Waals surface area contributed by atoms with Crippen molar-refractivity contribution >= 4 is 33.9 Å². The second-order valence-corrected chi connectivity index (χ2v) is 8.63. The zero-order valence-electron chi connectivity index (χ0n) is 19.8. The van der Waals surface area contributed by atoms with Crippen molar-refractivity contribution in [2.24, 2.45) is 4.99 Å². The molecule has 8 nitrogen and oxygen atoms in total. The first-order valence-corrected chi connectivity index (χ1v) is 11.2. The van der Waals surface area contributed by atoms with Gasteiger partial charge in [0.15, 0.2) is 17.4 Å². The molecule has 0 saturated carbocycles. The number of anilines is 1. The minimum absolute atomic E-state index is 0.00123. The Morgan fingerprint density at radius 2 is 1.69 bits per heavy atom. The number of likely N-dealkylation sites (N-methyl/N-ethyl adjacent to an activating group) is 2. The Bertz CT molecular complexity index is 1410. The second-order valence-electron chi connectivity index (χ2n) is 8.63. The number of aliphatic imine (C=N–C) groups is 1. The first-order chi connectivity index (χ1) is 16.9. The van der Waals surface area contributed by atoms with Gasteiger partial charge in [0.05, 0.1) is 29.0 Å². The van der Waals surface area contributed by atoms with Gasteiger partial charge in [-0.05, 0) is 44.4 Å². The number of aromatic nitrogens is 1. The van der Waals surface area contributed by atoms with E-state index in [1.165, 1.54) is 0 Å². The summed E-state index contributed by atoms with van der Waals surface area (Å²) in [7, 11) is 5.48. The van der Waals surface area contributed by atoms with Gasteiger partial charge in [-0.25, -0.2) is 4.99 Å². The predicted octanol–water partition coefficient (Wildman–Crippen LogP) is 4.30. The molecule has 5 rings (SSSR count). The van der Waals surface area contributed by atoms with Crippen molar-refractivity contribution in [3.8, 4) is 17.4 Å². The van der Waals surface area contributed by atoms with Gasteiger partial charge in [-0.15, -0.1) is 0 Å². The van der Waals surface area contributed by atoms with Crippen LogP contribution in [0.5, 0.6) is 17.4 Å². The molecule has 0 saturated heterocycles. The third-order valence-electron chi connectivity index (χ3n) is 5.86. The number of ether oxygens (including phenoxy) is 2. The second kappa shape index (κ2) is 9.15. The van der Waals surface area contributed by atoms with Crippen LogP contribution < -0.4 is 14.4 Å². The summed E-state index contributed by atoms with van der Waals surface area (Å²) in [5.74, 6) is 1.27. The number of fused-ring (bicyclic) bond motifs is 2. The van der Waals surface area contributed by atoms with E-state index in [-0.39, 0.29) is 18.6 Å². The summed E-state index contributed by atoms with van der Waals surface area (Å²) in [5.41, 5.74) is 4.23. The largest absolute Gasteiger partial charge is 0.494 e. The highest BCUT2D eigenvalue weighted by Crippen LogP contribution is 2.40. The first kappa shape index (κ1) is 22.5. The van der Waals surface area contributed by atoms with Crippen LogP contribution in [-0.4, -0.2) is 61.1 Å². The van der Waals surface area contributed by atoms with E-state index in [0.717, 1.165) is 22.2 Å². The SMILES string of the molecule is CN(C)CC(=O)N(C)c1ccc(N=C(c2ccccc2)c2c(O)[nH]c3cc4c(cc23)OCO4)cc1. The lowest BCUT2D eigenvalue weighted by molar-refractivity contribution is -0.118. The molecule has 0 atom stereocenters. The van der Waals surface area contributed by atoms with Crippen LogP contribution in [0.4, 0.5) is 11.4 Å². The van der Waals surface area contributed by atoms with Crippen LogP contribution in [0.15, 0.2) is 71.7 Å². The van der Waals surface area contributed by atoms with Crippen LogP contribution in [0, 0.1) is 0 Å².